The van der Waals surface area contributed by atoms with Crippen molar-refractivity contribution in [2.75, 3.05) is 21.7 Å². The average Bonchev–Trinajstić information content (AvgIpc) is 2.94. The van der Waals surface area contributed by atoms with Crippen LogP contribution in [0.5, 0.6) is 11.5 Å². The molecule has 0 fully saturated rings. The van der Waals surface area contributed by atoms with Gasteiger partial charge in [0.15, 0.2) is 11.5 Å². The van der Waals surface area contributed by atoms with Crippen LogP contribution in [0.2, 0.25) is 0 Å². The van der Waals surface area contributed by atoms with Crippen LogP contribution in [0.15, 0.2) is 121 Å². The van der Waals surface area contributed by atoms with Gasteiger partial charge in [-0.15, -0.1) is 0 Å². The van der Waals surface area contributed by atoms with E-state index in [9.17, 15) is 0 Å². The van der Waals surface area contributed by atoms with Gasteiger partial charge in [0.25, 0.3) is 0 Å². The highest BCUT2D eigenvalue weighted by Crippen LogP contribution is 2.53. The van der Waals surface area contributed by atoms with Gasteiger partial charge >= 0.3 is 0 Å². The lowest BCUT2D eigenvalue weighted by Crippen LogP contribution is -2.27. The van der Waals surface area contributed by atoms with Crippen molar-refractivity contribution in [1.82, 2.24) is 0 Å². The van der Waals surface area contributed by atoms with E-state index in [1.54, 1.807) is 0 Å². The SMILES string of the molecule is CN1c2ccccc2Oc2c(CN3c4ccccc4N(c4ccccc4)c4ccccc43)cccc21. The van der Waals surface area contributed by atoms with E-state index in [0.717, 1.165) is 45.5 Å². The van der Waals surface area contributed by atoms with Gasteiger partial charge in [-0.1, -0.05) is 66.7 Å². The third-order valence-corrected chi connectivity index (χ3v) is 7.05. The van der Waals surface area contributed by atoms with Crippen LogP contribution in [0.1, 0.15) is 5.56 Å². The van der Waals surface area contributed by atoms with Gasteiger partial charge in [0.1, 0.15) is 0 Å². The zero-order valence-electron chi connectivity index (χ0n) is 20.0. The van der Waals surface area contributed by atoms with Crippen LogP contribution in [0, 0.1) is 0 Å². The fourth-order valence-electron chi connectivity index (χ4n) is 5.36. The van der Waals surface area contributed by atoms with E-state index in [2.05, 4.69) is 125 Å². The third kappa shape index (κ3) is 3.15. The summed E-state index contributed by atoms with van der Waals surface area (Å²) in [5, 5.41) is 0. The number of fused-ring (bicyclic) bond motifs is 4. The van der Waals surface area contributed by atoms with Crippen molar-refractivity contribution in [3.63, 3.8) is 0 Å². The summed E-state index contributed by atoms with van der Waals surface area (Å²) >= 11 is 0. The molecule has 2 heterocycles. The number of para-hydroxylation sites is 8. The maximum absolute atomic E-state index is 6.51. The molecule has 0 radical (unpaired) electrons. The molecule has 7 rings (SSSR count). The molecule has 36 heavy (non-hydrogen) atoms. The predicted molar refractivity (Wildman–Crippen MR) is 148 cm³/mol. The van der Waals surface area contributed by atoms with Crippen molar-refractivity contribution in [3.8, 4) is 11.5 Å². The average molecular weight is 468 g/mol. The Morgan fingerprint density at radius 1 is 0.528 bits per heavy atom. The minimum absolute atomic E-state index is 0.690. The topological polar surface area (TPSA) is 19.0 Å². The summed E-state index contributed by atoms with van der Waals surface area (Å²) in [7, 11) is 2.10. The third-order valence-electron chi connectivity index (χ3n) is 7.05. The molecule has 0 amide bonds. The second-order valence-electron chi connectivity index (χ2n) is 9.13. The highest BCUT2D eigenvalue weighted by molar-refractivity contribution is 5.97. The van der Waals surface area contributed by atoms with Crippen LogP contribution in [-0.4, -0.2) is 7.05 Å². The maximum Gasteiger partial charge on any atom is 0.156 e. The standard InChI is InChI=1S/C32H25N3O/c1-33-29-19-9-10-21-31(29)36-32-23(12-11-20-30(32)33)22-34-25-15-5-7-17-27(25)35(24-13-3-2-4-14-24)28-18-8-6-16-26(28)34/h2-21H,22H2,1H3. The zero-order valence-corrected chi connectivity index (χ0v) is 20.0. The summed E-state index contributed by atoms with van der Waals surface area (Å²) in [5.74, 6) is 1.80. The van der Waals surface area contributed by atoms with Gasteiger partial charge in [-0.25, -0.2) is 0 Å². The predicted octanol–water partition coefficient (Wildman–Crippen LogP) is 8.68. The first-order valence-corrected chi connectivity index (χ1v) is 12.2. The van der Waals surface area contributed by atoms with Crippen LogP contribution in [0.25, 0.3) is 0 Å². The van der Waals surface area contributed by atoms with Gasteiger partial charge in [0, 0.05) is 18.3 Å². The summed E-state index contributed by atoms with van der Waals surface area (Å²) in [6, 6.07) is 42.5. The molecule has 0 spiro atoms. The Balaban J connectivity index is 1.36. The Morgan fingerprint density at radius 2 is 1.08 bits per heavy atom. The van der Waals surface area contributed by atoms with Crippen LogP contribution in [0.4, 0.5) is 39.8 Å². The van der Waals surface area contributed by atoms with E-state index in [1.165, 1.54) is 11.4 Å². The number of benzene rings is 5. The molecule has 2 aliphatic heterocycles. The summed E-state index contributed by atoms with van der Waals surface area (Å²) < 4.78 is 6.51. The van der Waals surface area contributed by atoms with Gasteiger partial charge < -0.3 is 19.4 Å². The van der Waals surface area contributed by atoms with E-state index in [1.807, 2.05) is 18.2 Å². The highest BCUT2D eigenvalue weighted by Gasteiger charge is 2.31. The summed E-state index contributed by atoms with van der Waals surface area (Å²) in [4.78, 5) is 6.97. The summed E-state index contributed by atoms with van der Waals surface area (Å²) in [5.41, 5.74) is 9.11. The van der Waals surface area contributed by atoms with Crippen LogP contribution in [0.3, 0.4) is 0 Å². The molecular formula is C32H25N3O. The Labute approximate surface area is 211 Å². The monoisotopic (exact) mass is 467 g/mol. The van der Waals surface area contributed by atoms with Gasteiger partial charge in [-0.05, 0) is 54.6 Å². The number of ether oxygens (including phenoxy) is 1. The van der Waals surface area contributed by atoms with Crippen molar-refractivity contribution < 1.29 is 4.74 Å². The minimum Gasteiger partial charge on any atom is -0.453 e. The van der Waals surface area contributed by atoms with Crippen LogP contribution < -0.4 is 19.4 Å². The quantitative estimate of drug-likeness (QED) is 0.264. The van der Waals surface area contributed by atoms with Crippen molar-refractivity contribution in [2.24, 2.45) is 0 Å². The number of hydrogen-bond acceptors (Lipinski definition) is 4. The molecule has 0 unspecified atom stereocenters. The van der Waals surface area contributed by atoms with Gasteiger partial charge in [-0.2, -0.15) is 0 Å². The van der Waals surface area contributed by atoms with Crippen molar-refractivity contribution >= 4 is 39.8 Å². The molecule has 5 aromatic rings. The molecule has 0 aromatic heterocycles. The smallest absolute Gasteiger partial charge is 0.156 e. The Morgan fingerprint density at radius 3 is 1.78 bits per heavy atom. The largest absolute Gasteiger partial charge is 0.453 e. The molecule has 0 atom stereocenters. The van der Waals surface area contributed by atoms with E-state index in [4.69, 9.17) is 4.74 Å². The molecule has 0 bridgehead atoms. The van der Waals surface area contributed by atoms with E-state index in [0.29, 0.717) is 6.54 Å². The summed E-state index contributed by atoms with van der Waals surface area (Å²) in [6.45, 7) is 0.690. The Hall–Kier alpha value is -4.70. The molecule has 174 valence electrons. The number of rotatable bonds is 3. The lowest BCUT2D eigenvalue weighted by molar-refractivity contribution is 0.469. The first kappa shape index (κ1) is 20.7. The lowest BCUT2D eigenvalue weighted by Gasteiger charge is -2.40. The first-order chi connectivity index (χ1) is 17.8. The zero-order chi connectivity index (χ0) is 24.1. The van der Waals surface area contributed by atoms with E-state index >= 15 is 0 Å². The summed E-state index contributed by atoms with van der Waals surface area (Å²) in [6.07, 6.45) is 0. The number of nitrogens with zero attached hydrogens (tertiary/aromatic N) is 3. The fraction of sp³-hybridized carbons (Fsp3) is 0.0625. The minimum atomic E-state index is 0.690. The van der Waals surface area contributed by atoms with Gasteiger partial charge in [0.2, 0.25) is 0 Å². The molecule has 5 aromatic carbocycles. The van der Waals surface area contributed by atoms with Gasteiger partial charge in [0.05, 0.1) is 40.7 Å². The fourth-order valence-corrected chi connectivity index (χ4v) is 5.36. The lowest BCUT2D eigenvalue weighted by atomic mass is 10.0. The first-order valence-electron chi connectivity index (χ1n) is 12.2. The van der Waals surface area contributed by atoms with E-state index in [-0.39, 0.29) is 0 Å². The molecule has 0 saturated heterocycles. The molecule has 2 aliphatic rings. The van der Waals surface area contributed by atoms with E-state index < -0.39 is 0 Å². The van der Waals surface area contributed by atoms with Crippen molar-refractivity contribution in [3.05, 3.63) is 127 Å². The number of hydrogen-bond donors (Lipinski definition) is 0. The van der Waals surface area contributed by atoms with Gasteiger partial charge in [-0.3, -0.25) is 0 Å². The number of anilines is 7. The van der Waals surface area contributed by atoms with Crippen molar-refractivity contribution in [2.45, 2.75) is 6.54 Å². The van der Waals surface area contributed by atoms with Crippen LogP contribution >= 0.6 is 0 Å². The molecule has 0 N–H and O–H groups in total. The molecule has 4 heteroatoms. The second-order valence-corrected chi connectivity index (χ2v) is 9.13. The second kappa shape index (κ2) is 8.21. The highest BCUT2D eigenvalue weighted by atomic mass is 16.5. The Bertz CT molecular complexity index is 1530. The molecule has 0 aliphatic carbocycles. The Kier molecular flexibility index (Phi) is 4.71. The molecule has 4 nitrogen and oxygen atoms in total. The van der Waals surface area contributed by atoms with Crippen molar-refractivity contribution in [1.29, 1.82) is 0 Å². The normalized spacial score (nSPS) is 13.3. The maximum atomic E-state index is 6.51. The van der Waals surface area contributed by atoms with Crippen LogP contribution in [-0.2, 0) is 6.54 Å². The molecular weight excluding hydrogens is 442 g/mol. The molecule has 0 saturated carbocycles.